The van der Waals surface area contributed by atoms with E-state index in [-0.39, 0.29) is 18.2 Å². The lowest BCUT2D eigenvalue weighted by molar-refractivity contribution is 0.0474. The Bertz CT molecular complexity index is 571. The highest BCUT2D eigenvalue weighted by Gasteiger charge is 2.32. The fraction of sp³-hybridized carbons (Fsp3) is 0.526. The Morgan fingerprint density at radius 2 is 1.87 bits per heavy atom. The molecule has 23 heavy (non-hydrogen) atoms. The molecule has 0 unspecified atom stereocenters. The van der Waals surface area contributed by atoms with E-state index in [1.54, 1.807) is 0 Å². The average molecular weight is 316 g/mol. The van der Waals surface area contributed by atoms with Crippen molar-refractivity contribution in [2.75, 3.05) is 13.1 Å². The van der Waals surface area contributed by atoms with Gasteiger partial charge in [-0.25, -0.2) is 4.79 Å². The summed E-state index contributed by atoms with van der Waals surface area (Å²) >= 11 is 0. The van der Waals surface area contributed by atoms with Crippen molar-refractivity contribution in [1.29, 1.82) is 0 Å². The number of amides is 1. The Morgan fingerprint density at radius 3 is 2.48 bits per heavy atom. The predicted molar refractivity (Wildman–Crippen MR) is 94.3 cm³/mol. The Labute approximate surface area is 139 Å². The van der Waals surface area contributed by atoms with Gasteiger partial charge < -0.3 is 10.1 Å². The van der Waals surface area contributed by atoms with E-state index in [4.69, 9.17) is 4.74 Å². The summed E-state index contributed by atoms with van der Waals surface area (Å²) in [6.45, 7) is 11.8. The molecule has 0 radical (unpaired) electrons. The third-order valence-corrected chi connectivity index (χ3v) is 4.05. The zero-order valence-corrected chi connectivity index (χ0v) is 14.8. The van der Waals surface area contributed by atoms with Crippen molar-refractivity contribution in [1.82, 2.24) is 10.2 Å². The molecule has 0 saturated heterocycles. The van der Waals surface area contributed by atoms with E-state index in [2.05, 4.69) is 48.3 Å². The Balaban J connectivity index is 2.29. The van der Waals surface area contributed by atoms with Gasteiger partial charge in [0, 0.05) is 0 Å². The quantitative estimate of drug-likeness (QED) is 0.913. The second-order valence-corrected chi connectivity index (χ2v) is 6.82. The minimum Gasteiger partial charge on any atom is -0.444 e. The van der Waals surface area contributed by atoms with Gasteiger partial charge in [-0.3, -0.25) is 4.90 Å². The molecular formula is C19H28N2O2. The number of fused-ring (bicyclic) bond motifs is 1. The summed E-state index contributed by atoms with van der Waals surface area (Å²) in [5, 5.41) is 3.08. The molecule has 1 aromatic rings. The van der Waals surface area contributed by atoms with Gasteiger partial charge in [0.15, 0.2) is 0 Å². The van der Waals surface area contributed by atoms with Crippen LogP contribution in [-0.2, 0) is 4.74 Å². The first-order chi connectivity index (χ1) is 10.9. The Hall–Kier alpha value is -1.81. The lowest BCUT2D eigenvalue weighted by atomic mass is 9.88. The molecule has 1 aromatic carbocycles. The molecule has 0 bridgehead atoms. The molecule has 2 atom stereocenters. The van der Waals surface area contributed by atoms with Gasteiger partial charge in [0.2, 0.25) is 0 Å². The average Bonchev–Trinajstić information content (AvgIpc) is 2.48. The molecule has 2 rings (SSSR count). The SMILES string of the molecule is CCN(CC)[C@H]1C=Cc2ccccc2[C@@H]1NC(=O)OC(C)(C)C. The molecule has 1 aliphatic carbocycles. The number of nitrogens with one attached hydrogen (secondary N) is 1. The summed E-state index contributed by atoms with van der Waals surface area (Å²) in [4.78, 5) is 14.6. The van der Waals surface area contributed by atoms with E-state index < -0.39 is 5.60 Å². The minimum absolute atomic E-state index is 0.106. The van der Waals surface area contributed by atoms with Crippen LogP contribution in [0.25, 0.3) is 6.08 Å². The second kappa shape index (κ2) is 7.18. The molecule has 0 aromatic heterocycles. The van der Waals surface area contributed by atoms with Gasteiger partial charge in [-0.2, -0.15) is 0 Å². The molecule has 0 aliphatic heterocycles. The van der Waals surface area contributed by atoms with E-state index in [1.807, 2.05) is 32.9 Å². The van der Waals surface area contributed by atoms with Crippen LogP contribution in [0.4, 0.5) is 4.79 Å². The van der Waals surface area contributed by atoms with Crippen molar-refractivity contribution in [2.45, 2.75) is 52.3 Å². The Morgan fingerprint density at radius 1 is 1.22 bits per heavy atom. The van der Waals surface area contributed by atoms with Crippen LogP contribution in [0.1, 0.15) is 51.8 Å². The van der Waals surface area contributed by atoms with Gasteiger partial charge in [0.25, 0.3) is 0 Å². The van der Waals surface area contributed by atoms with Crippen LogP contribution >= 0.6 is 0 Å². The monoisotopic (exact) mass is 316 g/mol. The fourth-order valence-electron chi connectivity index (χ4n) is 3.02. The van der Waals surface area contributed by atoms with Crippen molar-refractivity contribution < 1.29 is 9.53 Å². The number of hydrogen-bond donors (Lipinski definition) is 1. The number of carbonyl (C=O) groups is 1. The zero-order chi connectivity index (χ0) is 17.0. The lowest BCUT2D eigenvalue weighted by Crippen LogP contribution is -2.47. The van der Waals surface area contributed by atoms with Gasteiger partial charge in [-0.15, -0.1) is 0 Å². The van der Waals surface area contributed by atoms with E-state index in [1.165, 1.54) is 0 Å². The topological polar surface area (TPSA) is 41.6 Å². The first-order valence-corrected chi connectivity index (χ1v) is 8.36. The van der Waals surface area contributed by atoms with E-state index in [9.17, 15) is 4.79 Å². The van der Waals surface area contributed by atoms with Crippen LogP contribution in [0.2, 0.25) is 0 Å². The van der Waals surface area contributed by atoms with Crippen LogP contribution in [0, 0.1) is 0 Å². The summed E-state index contributed by atoms with van der Waals surface area (Å²) in [7, 11) is 0. The summed E-state index contributed by atoms with van der Waals surface area (Å²) in [5.74, 6) is 0. The zero-order valence-electron chi connectivity index (χ0n) is 14.8. The molecule has 4 nitrogen and oxygen atoms in total. The third-order valence-electron chi connectivity index (χ3n) is 4.05. The molecular weight excluding hydrogens is 288 g/mol. The van der Waals surface area contributed by atoms with E-state index in [0.717, 1.165) is 24.2 Å². The first kappa shape index (κ1) is 17.5. The van der Waals surface area contributed by atoms with Crippen LogP contribution in [0.3, 0.4) is 0 Å². The van der Waals surface area contributed by atoms with Crippen molar-refractivity contribution in [3.05, 3.63) is 41.5 Å². The Kier molecular flexibility index (Phi) is 5.47. The minimum atomic E-state index is -0.501. The highest BCUT2D eigenvalue weighted by atomic mass is 16.6. The molecule has 0 heterocycles. The van der Waals surface area contributed by atoms with Gasteiger partial charge in [-0.1, -0.05) is 50.3 Å². The number of carbonyl (C=O) groups excluding carboxylic acids is 1. The number of ether oxygens (including phenoxy) is 1. The fourth-order valence-corrected chi connectivity index (χ4v) is 3.02. The van der Waals surface area contributed by atoms with Crippen LogP contribution in [0.5, 0.6) is 0 Å². The summed E-state index contributed by atoms with van der Waals surface area (Å²) in [6.07, 6.45) is 3.95. The van der Waals surface area contributed by atoms with Crippen molar-refractivity contribution in [3.8, 4) is 0 Å². The smallest absolute Gasteiger partial charge is 0.408 e. The number of nitrogens with zero attached hydrogens (tertiary/aromatic N) is 1. The van der Waals surface area contributed by atoms with Gasteiger partial charge in [-0.05, 0) is 45.0 Å². The summed E-state index contributed by atoms with van der Waals surface area (Å²) in [6, 6.07) is 8.22. The van der Waals surface area contributed by atoms with Crippen LogP contribution in [-0.4, -0.2) is 35.7 Å². The number of benzene rings is 1. The molecule has 0 saturated carbocycles. The summed E-state index contributed by atoms with van der Waals surface area (Å²) < 4.78 is 5.46. The lowest BCUT2D eigenvalue weighted by Gasteiger charge is -2.37. The second-order valence-electron chi connectivity index (χ2n) is 6.82. The number of rotatable bonds is 4. The number of alkyl carbamates (subject to hydrolysis) is 1. The van der Waals surface area contributed by atoms with Crippen molar-refractivity contribution >= 4 is 12.2 Å². The van der Waals surface area contributed by atoms with E-state index in [0.29, 0.717) is 0 Å². The van der Waals surface area contributed by atoms with E-state index >= 15 is 0 Å². The molecule has 0 spiro atoms. The maximum Gasteiger partial charge on any atom is 0.408 e. The van der Waals surface area contributed by atoms with Crippen LogP contribution < -0.4 is 5.32 Å². The standard InChI is InChI=1S/C19H28N2O2/c1-6-21(7-2)16-13-12-14-10-8-9-11-15(14)17(16)20-18(22)23-19(3,4)5/h8-13,16-17H,6-7H2,1-5H3,(H,20,22)/t16-,17-/m0/s1. The van der Waals surface area contributed by atoms with Crippen LogP contribution in [0.15, 0.2) is 30.3 Å². The maximum atomic E-state index is 12.3. The van der Waals surface area contributed by atoms with Crippen molar-refractivity contribution in [3.63, 3.8) is 0 Å². The summed E-state index contributed by atoms with van der Waals surface area (Å²) in [5.41, 5.74) is 1.79. The number of likely N-dealkylation sites (N-methyl/N-ethyl adjacent to an activating group) is 1. The molecule has 0 fully saturated rings. The third kappa shape index (κ3) is 4.35. The van der Waals surface area contributed by atoms with Crippen molar-refractivity contribution in [2.24, 2.45) is 0 Å². The first-order valence-electron chi connectivity index (χ1n) is 8.36. The highest BCUT2D eigenvalue weighted by molar-refractivity contribution is 5.70. The molecule has 4 heteroatoms. The number of hydrogen-bond acceptors (Lipinski definition) is 3. The molecule has 1 amide bonds. The molecule has 126 valence electrons. The molecule has 1 aliphatic rings. The predicted octanol–water partition coefficient (Wildman–Crippen LogP) is 3.99. The van der Waals surface area contributed by atoms with Gasteiger partial charge in [0.05, 0.1) is 12.1 Å². The van der Waals surface area contributed by atoms with Gasteiger partial charge in [0.1, 0.15) is 5.60 Å². The largest absolute Gasteiger partial charge is 0.444 e. The highest BCUT2D eigenvalue weighted by Crippen LogP contribution is 2.31. The maximum absolute atomic E-state index is 12.3. The van der Waals surface area contributed by atoms with Gasteiger partial charge >= 0.3 is 6.09 Å². The molecule has 1 N–H and O–H groups in total. The normalized spacial score (nSPS) is 20.3.